The van der Waals surface area contributed by atoms with Gasteiger partial charge in [-0.2, -0.15) is 0 Å². The van der Waals surface area contributed by atoms with Gasteiger partial charge in [-0.1, -0.05) is 12.1 Å². The summed E-state index contributed by atoms with van der Waals surface area (Å²) in [6.45, 7) is 0.105. The van der Waals surface area contributed by atoms with E-state index in [2.05, 4.69) is 5.32 Å². The molecule has 5 heteroatoms. The van der Waals surface area contributed by atoms with Crippen molar-refractivity contribution in [1.82, 2.24) is 5.32 Å². The van der Waals surface area contributed by atoms with Crippen LogP contribution in [-0.4, -0.2) is 25.5 Å². The van der Waals surface area contributed by atoms with Crippen LogP contribution < -0.4 is 11.1 Å². The Morgan fingerprint density at radius 1 is 1.29 bits per heavy atom. The number of carbonyl (C=O) groups is 2. The molecule has 1 aromatic carbocycles. The summed E-state index contributed by atoms with van der Waals surface area (Å²) in [5.41, 5.74) is 7.02. The van der Waals surface area contributed by atoms with Gasteiger partial charge >= 0.3 is 5.97 Å². The second-order valence-corrected chi connectivity index (χ2v) is 3.56. The molecule has 5 nitrogen and oxygen atoms in total. The zero-order chi connectivity index (χ0) is 12.7. The molecule has 0 aliphatic rings. The summed E-state index contributed by atoms with van der Waals surface area (Å²) >= 11 is 0. The molecule has 3 N–H and O–H groups in total. The lowest BCUT2D eigenvalue weighted by Crippen LogP contribution is -2.20. The van der Waals surface area contributed by atoms with Gasteiger partial charge in [0.1, 0.15) is 6.61 Å². The van der Waals surface area contributed by atoms with E-state index in [0.717, 1.165) is 5.56 Å². The van der Waals surface area contributed by atoms with Crippen molar-refractivity contribution in [3.63, 3.8) is 0 Å². The Morgan fingerprint density at radius 2 is 1.94 bits per heavy atom. The lowest BCUT2D eigenvalue weighted by Gasteiger charge is -2.04. The van der Waals surface area contributed by atoms with Gasteiger partial charge in [-0.15, -0.1) is 0 Å². The Kier molecular flexibility index (Phi) is 5.00. The van der Waals surface area contributed by atoms with Gasteiger partial charge in [0.2, 0.25) is 5.91 Å². The smallest absolute Gasteiger partial charge is 0.310 e. The lowest BCUT2D eigenvalue weighted by molar-refractivity contribution is -0.143. The van der Waals surface area contributed by atoms with Crippen LogP contribution in [0.3, 0.4) is 0 Å². The molecule has 92 valence electrons. The van der Waals surface area contributed by atoms with Crippen molar-refractivity contribution < 1.29 is 14.3 Å². The van der Waals surface area contributed by atoms with E-state index in [0.29, 0.717) is 5.69 Å². The number of nitrogens with two attached hydrogens (primary N) is 1. The van der Waals surface area contributed by atoms with E-state index >= 15 is 0 Å². The van der Waals surface area contributed by atoms with E-state index in [9.17, 15) is 9.59 Å². The molecule has 0 atom stereocenters. The maximum Gasteiger partial charge on any atom is 0.310 e. The number of benzene rings is 1. The summed E-state index contributed by atoms with van der Waals surface area (Å²) in [5, 5.41) is 2.45. The first-order valence-electron chi connectivity index (χ1n) is 5.32. The van der Waals surface area contributed by atoms with Crippen molar-refractivity contribution in [2.75, 3.05) is 19.4 Å². The summed E-state index contributed by atoms with van der Waals surface area (Å²) in [5.74, 6) is -0.496. The average Bonchev–Trinajstić information content (AvgIpc) is 2.32. The fourth-order valence-electron chi connectivity index (χ4n) is 1.24. The normalized spacial score (nSPS) is 9.71. The second kappa shape index (κ2) is 6.52. The van der Waals surface area contributed by atoms with Gasteiger partial charge in [0.05, 0.1) is 12.8 Å². The number of ether oxygens (including phenoxy) is 1. The Labute approximate surface area is 99.9 Å². The van der Waals surface area contributed by atoms with Crippen LogP contribution in [-0.2, 0) is 20.7 Å². The molecule has 1 amide bonds. The standard InChI is InChI=1S/C12H16N2O3/c1-14-11(15)6-7-17-12(16)8-9-2-4-10(13)5-3-9/h2-5H,6-8,13H2,1H3,(H,14,15). The molecule has 0 radical (unpaired) electrons. The minimum Gasteiger partial charge on any atom is -0.465 e. The number of anilines is 1. The van der Waals surface area contributed by atoms with Gasteiger partial charge < -0.3 is 15.8 Å². The Morgan fingerprint density at radius 3 is 2.53 bits per heavy atom. The summed E-state index contributed by atoms with van der Waals surface area (Å²) in [7, 11) is 1.54. The fraction of sp³-hybridized carbons (Fsp3) is 0.333. The van der Waals surface area contributed by atoms with Crippen LogP contribution in [0.1, 0.15) is 12.0 Å². The van der Waals surface area contributed by atoms with E-state index in [-0.39, 0.29) is 31.3 Å². The predicted octanol–water partition coefficient (Wildman–Crippen LogP) is 0.491. The van der Waals surface area contributed by atoms with Crippen molar-refractivity contribution in [3.05, 3.63) is 29.8 Å². The van der Waals surface area contributed by atoms with Crippen molar-refractivity contribution in [3.8, 4) is 0 Å². The van der Waals surface area contributed by atoms with Crippen LogP contribution in [0.25, 0.3) is 0 Å². The minimum atomic E-state index is -0.348. The van der Waals surface area contributed by atoms with Crippen molar-refractivity contribution in [1.29, 1.82) is 0 Å². The highest BCUT2D eigenvalue weighted by molar-refractivity contribution is 5.76. The lowest BCUT2D eigenvalue weighted by atomic mass is 10.1. The molecule has 17 heavy (non-hydrogen) atoms. The molecular formula is C12H16N2O3. The zero-order valence-corrected chi connectivity index (χ0v) is 9.73. The molecule has 0 aliphatic heterocycles. The van der Waals surface area contributed by atoms with Gasteiger partial charge in [-0.3, -0.25) is 9.59 Å². The third-order valence-corrected chi connectivity index (χ3v) is 2.20. The first kappa shape index (κ1) is 13.0. The maximum atomic E-state index is 11.4. The van der Waals surface area contributed by atoms with Crippen LogP contribution in [0, 0.1) is 0 Å². The van der Waals surface area contributed by atoms with E-state index in [1.807, 2.05) is 0 Å². The summed E-state index contributed by atoms with van der Waals surface area (Å²) < 4.78 is 4.92. The number of nitrogens with one attached hydrogen (secondary N) is 1. The molecule has 0 fully saturated rings. The molecule has 0 unspecified atom stereocenters. The first-order valence-corrected chi connectivity index (χ1v) is 5.32. The van der Waals surface area contributed by atoms with Gasteiger partial charge in [0.25, 0.3) is 0 Å². The van der Waals surface area contributed by atoms with E-state index in [1.54, 1.807) is 31.3 Å². The molecule has 0 saturated heterocycles. The highest BCUT2D eigenvalue weighted by atomic mass is 16.5. The van der Waals surface area contributed by atoms with Crippen LogP contribution in [0.15, 0.2) is 24.3 Å². The summed E-state index contributed by atoms with van der Waals surface area (Å²) in [6, 6.07) is 7.00. The Bertz CT molecular complexity index is 387. The summed E-state index contributed by atoms with van der Waals surface area (Å²) in [6.07, 6.45) is 0.373. The van der Waals surface area contributed by atoms with Crippen LogP contribution in [0.4, 0.5) is 5.69 Å². The highest BCUT2D eigenvalue weighted by Gasteiger charge is 2.06. The number of hydrogen-bond donors (Lipinski definition) is 2. The third kappa shape index (κ3) is 5.01. The molecule has 1 aromatic rings. The monoisotopic (exact) mass is 236 g/mol. The third-order valence-electron chi connectivity index (χ3n) is 2.20. The largest absolute Gasteiger partial charge is 0.465 e. The van der Waals surface area contributed by atoms with Gasteiger partial charge in [0.15, 0.2) is 0 Å². The van der Waals surface area contributed by atoms with Gasteiger partial charge in [-0.25, -0.2) is 0 Å². The molecule has 0 spiro atoms. The molecule has 0 heterocycles. The molecule has 0 bridgehead atoms. The molecule has 0 aliphatic carbocycles. The molecular weight excluding hydrogens is 220 g/mol. The number of esters is 1. The number of nitrogen functional groups attached to an aromatic ring is 1. The quantitative estimate of drug-likeness (QED) is 0.576. The number of rotatable bonds is 5. The second-order valence-electron chi connectivity index (χ2n) is 3.56. The Balaban J connectivity index is 2.30. The predicted molar refractivity (Wildman–Crippen MR) is 64.2 cm³/mol. The minimum absolute atomic E-state index is 0.105. The first-order chi connectivity index (χ1) is 8.11. The fourth-order valence-corrected chi connectivity index (χ4v) is 1.24. The van der Waals surface area contributed by atoms with E-state index in [4.69, 9.17) is 10.5 Å². The number of amides is 1. The van der Waals surface area contributed by atoms with Gasteiger partial charge in [-0.05, 0) is 17.7 Å². The SMILES string of the molecule is CNC(=O)CCOC(=O)Cc1ccc(N)cc1. The average molecular weight is 236 g/mol. The van der Waals surface area contributed by atoms with E-state index in [1.165, 1.54) is 0 Å². The topological polar surface area (TPSA) is 81.4 Å². The van der Waals surface area contributed by atoms with E-state index < -0.39 is 0 Å². The molecule has 0 aromatic heterocycles. The number of hydrogen-bond acceptors (Lipinski definition) is 4. The molecule has 0 saturated carbocycles. The highest BCUT2D eigenvalue weighted by Crippen LogP contribution is 2.06. The maximum absolute atomic E-state index is 11.4. The molecule has 1 rings (SSSR count). The Hall–Kier alpha value is -2.04. The van der Waals surface area contributed by atoms with Crippen molar-refractivity contribution in [2.24, 2.45) is 0 Å². The van der Waals surface area contributed by atoms with Crippen LogP contribution >= 0.6 is 0 Å². The van der Waals surface area contributed by atoms with Crippen LogP contribution in [0.2, 0.25) is 0 Å². The number of carbonyl (C=O) groups excluding carboxylic acids is 2. The van der Waals surface area contributed by atoms with Gasteiger partial charge in [0, 0.05) is 12.7 Å². The van der Waals surface area contributed by atoms with Crippen LogP contribution in [0.5, 0.6) is 0 Å². The zero-order valence-electron chi connectivity index (χ0n) is 9.73. The van der Waals surface area contributed by atoms with Crippen molar-refractivity contribution in [2.45, 2.75) is 12.8 Å². The van der Waals surface area contributed by atoms with Crippen molar-refractivity contribution >= 4 is 17.6 Å². The summed E-state index contributed by atoms with van der Waals surface area (Å²) in [4.78, 5) is 22.3.